The minimum absolute atomic E-state index is 0. The molecule has 1 saturated carbocycles. The monoisotopic (exact) mass is 623 g/mol. The van der Waals surface area contributed by atoms with Crippen LogP contribution in [0, 0.1) is 0 Å². The molecule has 4 rings (SSSR count). The average molecular weight is 625 g/mol. The summed E-state index contributed by atoms with van der Waals surface area (Å²) < 4.78 is 37.4. The van der Waals surface area contributed by atoms with Crippen LogP contribution in [0.3, 0.4) is 0 Å². The van der Waals surface area contributed by atoms with Crippen molar-refractivity contribution in [1.82, 2.24) is 15.0 Å². The maximum atomic E-state index is 12.7. The van der Waals surface area contributed by atoms with Crippen molar-refractivity contribution in [3.8, 4) is 22.6 Å². The molecule has 12 heteroatoms. The molecule has 41 heavy (non-hydrogen) atoms. The van der Waals surface area contributed by atoms with E-state index in [1.165, 1.54) is 6.20 Å². The third kappa shape index (κ3) is 9.58. The van der Waals surface area contributed by atoms with Crippen LogP contribution in [0.2, 0.25) is 5.15 Å². The number of rotatable bonds is 11. The van der Waals surface area contributed by atoms with Crippen LogP contribution in [-0.2, 0) is 15.7 Å². The van der Waals surface area contributed by atoms with Crippen LogP contribution < -0.4 is 19.5 Å². The van der Waals surface area contributed by atoms with Gasteiger partial charge in [0.2, 0.25) is 10.0 Å². The number of amides is 1. The first kappa shape index (κ1) is 32.6. The number of benzene rings is 2. The summed E-state index contributed by atoms with van der Waals surface area (Å²) in [5, 5.41) is 14.0. The zero-order valence-corrected chi connectivity index (χ0v) is 25.3. The van der Waals surface area contributed by atoms with E-state index in [1.54, 1.807) is 37.3 Å². The molecule has 1 atom stereocenters. The lowest BCUT2D eigenvalue weighted by Gasteiger charge is -2.25. The molecule has 3 aromatic rings. The first-order valence-electron chi connectivity index (χ1n) is 13.2. The normalized spacial score (nSPS) is 15.3. The van der Waals surface area contributed by atoms with E-state index in [0.29, 0.717) is 35.4 Å². The van der Waals surface area contributed by atoms with Gasteiger partial charge in [-0.3, -0.25) is 10.1 Å². The molecule has 0 bridgehead atoms. The largest absolute Gasteiger partial charge is 0.492 e. The summed E-state index contributed by atoms with van der Waals surface area (Å²) in [4.78, 5) is 16.7. The van der Waals surface area contributed by atoms with Crippen molar-refractivity contribution in [3.05, 3.63) is 77.1 Å². The number of hydrogen-bond acceptors (Lipinski definition) is 8. The Labute approximate surface area is 252 Å². The molecule has 0 saturated heterocycles. The van der Waals surface area contributed by atoms with E-state index in [1.807, 2.05) is 29.0 Å². The van der Waals surface area contributed by atoms with Crippen LogP contribution in [0.4, 0.5) is 0 Å². The number of aromatic nitrogens is 1. The quantitative estimate of drug-likeness (QED) is 0.154. The van der Waals surface area contributed by atoms with Crippen molar-refractivity contribution in [1.29, 1.82) is 0 Å². The van der Waals surface area contributed by atoms with Gasteiger partial charge >= 0.3 is 0 Å². The molecule has 222 valence electrons. The van der Waals surface area contributed by atoms with E-state index >= 15 is 0 Å². The van der Waals surface area contributed by atoms with Crippen LogP contribution in [-0.4, -0.2) is 49.9 Å². The molecule has 0 spiro atoms. The van der Waals surface area contributed by atoms with E-state index in [9.17, 15) is 18.3 Å². The highest BCUT2D eigenvalue weighted by molar-refractivity contribution is 7.89. The number of aliphatic hydroxyl groups is 1. The lowest BCUT2D eigenvalue weighted by molar-refractivity contribution is 0.0166. The first-order chi connectivity index (χ1) is 19.0. The van der Waals surface area contributed by atoms with Gasteiger partial charge in [-0.15, -0.1) is 12.4 Å². The number of sulfonamides is 1. The summed E-state index contributed by atoms with van der Waals surface area (Å²) in [6.07, 6.45) is 7.50. The summed E-state index contributed by atoms with van der Waals surface area (Å²) in [6.45, 7) is 2.34. The van der Waals surface area contributed by atoms with Crippen LogP contribution in [0.15, 0.2) is 60.8 Å². The molecule has 9 nitrogen and oxygen atoms in total. The van der Waals surface area contributed by atoms with Crippen molar-refractivity contribution >= 4 is 39.9 Å². The number of halogens is 2. The zero-order valence-electron chi connectivity index (χ0n) is 22.9. The van der Waals surface area contributed by atoms with Crippen molar-refractivity contribution in [3.63, 3.8) is 0 Å². The summed E-state index contributed by atoms with van der Waals surface area (Å²) in [5.41, 5.74) is 1.19. The minimum Gasteiger partial charge on any atom is -0.492 e. The highest BCUT2D eigenvalue weighted by atomic mass is 35.5. The van der Waals surface area contributed by atoms with Gasteiger partial charge in [-0.25, -0.2) is 18.1 Å². The molecule has 0 radical (unpaired) electrons. The highest BCUT2D eigenvalue weighted by Gasteiger charge is 2.23. The lowest BCUT2D eigenvalue weighted by Crippen LogP contribution is -2.41. The van der Waals surface area contributed by atoms with Crippen LogP contribution in [0.5, 0.6) is 11.5 Å². The fraction of sp³-hybridized carbons (Fsp3) is 0.379. The number of nitrogens with zero attached hydrogens (tertiary/aromatic N) is 1. The fourth-order valence-corrected chi connectivity index (χ4v) is 5.10. The standard InChI is InChI=1S/C29H34ClN3O6S.ClH/c1-29(35,22-11-15-27(30)31-19-22)32-16-17-38-23-12-8-20(9-13-23)21-10-14-25(28(34)33-40(2,36)37)26(18-21)39-24-6-4-3-5-7-24;/h8-15,18-19,24,32,35H,3-7,16-17H2,1-2H3,(H,33,34);1H/t29-;/m0./s1. The number of pyridine rings is 1. The van der Waals surface area contributed by atoms with Gasteiger partial charge in [-0.1, -0.05) is 42.3 Å². The van der Waals surface area contributed by atoms with Crippen molar-refractivity contribution in [2.45, 2.75) is 50.9 Å². The Hall–Kier alpha value is -2.89. The lowest BCUT2D eigenvalue weighted by atomic mass is 9.97. The summed E-state index contributed by atoms with van der Waals surface area (Å²) in [5.74, 6) is 0.296. The molecular formula is C29H35Cl2N3O6S. The number of carbonyl (C=O) groups is 1. The van der Waals surface area contributed by atoms with Gasteiger partial charge in [0.1, 0.15) is 29.0 Å². The zero-order chi connectivity index (χ0) is 28.8. The summed E-state index contributed by atoms with van der Waals surface area (Å²) in [7, 11) is -3.72. The van der Waals surface area contributed by atoms with E-state index in [0.717, 1.165) is 49.5 Å². The van der Waals surface area contributed by atoms with E-state index in [-0.39, 0.29) is 24.1 Å². The number of hydrogen-bond donors (Lipinski definition) is 3. The summed E-state index contributed by atoms with van der Waals surface area (Å²) in [6, 6.07) is 15.9. The van der Waals surface area contributed by atoms with Crippen LogP contribution in [0.25, 0.3) is 11.1 Å². The Kier molecular flexibility index (Phi) is 11.4. The molecular weight excluding hydrogens is 589 g/mol. The molecule has 1 amide bonds. The van der Waals surface area contributed by atoms with Gasteiger partial charge in [-0.2, -0.15) is 0 Å². The molecule has 3 N–H and O–H groups in total. The topological polar surface area (TPSA) is 127 Å². The van der Waals surface area contributed by atoms with Crippen molar-refractivity contribution in [2.75, 3.05) is 19.4 Å². The third-order valence-electron chi connectivity index (χ3n) is 6.67. The molecule has 2 aromatic carbocycles. The highest BCUT2D eigenvalue weighted by Crippen LogP contribution is 2.32. The van der Waals surface area contributed by atoms with Crippen molar-refractivity contribution < 1.29 is 27.8 Å². The predicted molar refractivity (Wildman–Crippen MR) is 161 cm³/mol. The number of nitrogens with one attached hydrogen (secondary N) is 2. The van der Waals surface area contributed by atoms with E-state index in [2.05, 4.69) is 10.3 Å². The minimum atomic E-state index is -3.72. The maximum Gasteiger partial charge on any atom is 0.268 e. The molecule has 1 fully saturated rings. The molecule has 1 heterocycles. The Balaban J connectivity index is 0.00000462. The Morgan fingerprint density at radius 3 is 2.39 bits per heavy atom. The summed E-state index contributed by atoms with van der Waals surface area (Å²) >= 11 is 5.82. The van der Waals surface area contributed by atoms with Gasteiger partial charge in [-0.05, 0) is 74.1 Å². The smallest absolute Gasteiger partial charge is 0.268 e. The Morgan fingerprint density at radius 1 is 1.07 bits per heavy atom. The van der Waals surface area contributed by atoms with Crippen LogP contribution in [0.1, 0.15) is 54.9 Å². The molecule has 1 aliphatic carbocycles. The van der Waals surface area contributed by atoms with Gasteiger partial charge in [0.05, 0.1) is 17.9 Å². The maximum absolute atomic E-state index is 12.7. The second-order valence-electron chi connectivity index (χ2n) is 10.0. The van der Waals surface area contributed by atoms with E-state index < -0.39 is 21.7 Å². The van der Waals surface area contributed by atoms with Gasteiger partial charge in [0.15, 0.2) is 0 Å². The SMILES string of the molecule is C[C@@](O)(NCCOc1ccc(-c2ccc(C(=O)NS(C)(=O)=O)c(OC3CCCCC3)c2)cc1)c1ccc(Cl)nc1.Cl. The predicted octanol–water partition coefficient (Wildman–Crippen LogP) is 5.06. The van der Waals surface area contributed by atoms with Gasteiger partial charge in [0, 0.05) is 18.3 Å². The molecule has 0 unspecified atom stereocenters. The number of ether oxygens (including phenoxy) is 2. The molecule has 0 aliphatic heterocycles. The van der Waals surface area contributed by atoms with Gasteiger partial charge < -0.3 is 14.6 Å². The van der Waals surface area contributed by atoms with E-state index in [4.69, 9.17) is 21.1 Å². The molecule has 1 aliphatic rings. The second-order valence-corrected chi connectivity index (χ2v) is 12.2. The number of carbonyl (C=O) groups excluding carboxylic acids is 1. The Bertz CT molecular complexity index is 1410. The van der Waals surface area contributed by atoms with Gasteiger partial charge in [0.25, 0.3) is 5.91 Å². The second kappa shape index (κ2) is 14.3. The van der Waals surface area contributed by atoms with Crippen molar-refractivity contribution in [2.24, 2.45) is 0 Å². The third-order valence-corrected chi connectivity index (χ3v) is 7.45. The molecule has 1 aromatic heterocycles. The first-order valence-corrected chi connectivity index (χ1v) is 15.4. The Morgan fingerprint density at radius 2 is 1.76 bits per heavy atom. The van der Waals surface area contributed by atoms with Crippen LogP contribution >= 0.6 is 24.0 Å². The fourth-order valence-electron chi connectivity index (χ4n) is 4.55. The average Bonchev–Trinajstić information content (AvgIpc) is 2.91.